The van der Waals surface area contributed by atoms with Crippen molar-refractivity contribution in [1.82, 2.24) is 0 Å². The first kappa shape index (κ1) is 11.8. The quantitative estimate of drug-likeness (QED) is 0.515. The molecule has 0 heterocycles. The predicted molar refractivity (Wildman–Crippen MR) is 60.0 cm³/mol. The molecule has 1 aliphatic carbocycles. The van der Waals surface area contributed by atoms with E-state index in [1.54, 1.807) is 0 Å². The van der Waals surface area contributed by atoms with Crippen LogP contribution in [0.5, 0.6) is 0 Å². The van der Waals surface area contributed by atoms with Crippen LogP contribution in [0, 0.1) is 5.92 Å². The van der Waals surface area contributed by atoms with Gasteiger partial charge < -0.3 is 8.85 Å². The Morgan fingerprint density at radius 2 is 2.07 bits per heavy atom. The van der Waals surface area contributed by atoms with Gasteiger partial charge in [0.25, 0.3) is 0 Å². The molecule has 14 heavy (non-hydrogen) atoms. The fourth-order valence-corrected chi connectivity index (χ4v) is 2.94. The molecule has 0 unspecified atom stereocenters. The van der Waals surface area contributed by atoms with Gasteiger partial charge in [0.2, 0.25) is 0 Å². The van der Waals surface area contributed by atoms with Gasteiger partial charge in [-0.05, 0) is 45.2 Å². The molecule has 3 heteroatoms. The van der Waals surface area contributed by atoms with Crippen molar-refractivity contribution in [2.75, 3.05) is 6.61 Å². The Bertz CT molecular complexity index is 186. The topological polar surface area (TPSA) is 18.5 Å². The summed E-state index contributed by atoms with van der Waals surface area (Å²) in [5.74, 6) is 1.81. The highest BCUT2D eigenvalue weighted by molar-refractivity contribution is 6.42. The Labute approximate surface area is 89.1 Å². The zero-order valence-corrected chi connectivity index (χ0v) is 10.5. The molecular formula is C11H21O2Si. The molecule has 0 saturated heterocycles. The van der Waals surface area contributed by atoms with Gasteiger partial charge in [-0.1, -0.05) is 12.8 Å². The van der Waals surface area contributed by atoms with E-state index in [-0.39, 0.29) is 0 Å². The van der Waals surface area contributed by atoms with Crippen molar-refractivity contribution in [3.8, 4) is 0 Å². The molecule has 0 aromatic carbocycles. The zero-order valence-electron chi connectivity index (χ0n) is 9.51. The molecule has 1 aliphatic rings. The van der Waals surface area contributed by atoms with Gasteiger partial charge in [0.05, 0.1) is 5.76 Å². The second-order valence-corrected chi connectivity index (χ2v) is 5.32. The van der Waals surface area contributed by atoms with E-state index in [4.69, 9.17) is 8.85 Å². The highest BCUT2D eigenvalue weighted by atomic mass is 28.3. The summed E-state index contributed by atoms with van der Waals surface area (Å²) in [5, 5.41) is 0. The molecular weight excluding hydrogens is 192 g/mol. The zero-order chi connectivity index (χ0) is 10.4. The third-order valence-electron chi connectivity index (χ3n) is 2.52. The molecule has 0 aromatic heterocycles. The molecule has 1 rings (SSSR count). The Balaban J connectivity index is 2.28. The summed E-state index contributed by atoms with van der Waals surface area (Å²) in [5.41, 5.74) is 0. The van der Waals surface area contributed by atoms with Crippen LogP contribution >= 0.6 is 0 Å². The lowest BCUT2D eigenvalue weighted by Gasteiger charge is -2.13. The Morgan fingerprint density at radius 3 is 2.64 bits per heavy atom. The maximum absolute atomic E-state index is 5.69. The van der Waals surface area contributed by atoms with Crippen LogP contribution in [0.2, 0.25) is 6.55 Å². The van der Waals surface area contributed by atoms with Crippen LogP contribution in [-0.4, -0.2) is 15.9 Å². The molecule has 2 nitrogen and oxygen atoms in total. The third-order valence-corrected chi connectivity index (χ3v) is 3.83. The van der Waals surface area contributed by atoms with Gasteiger partial charge >= 0.3 is 9.28 Å². The van der Waals surface area contributed by atoms with Crippen LogP contribution in [0.4, 0.5) is 0 Å². The van der Waals surface area contributed by atoms with Gasteiger partial charge in [0.1, 0.15) is 0 Å². The van der Waals surface area contributed by atoms with E-state index in [1.165, 1.54) is 25.7 Å². The van der Waals surface area contributed by atoms with Crippen molar-refractivity contribution in [2.24, 2.45) is 5.92 Å². The second kappa shape index (κ2) is 6.25. The molecule has 0 atom stereocenters. The number of allylic oxidation sites excluding steroid dienone is 2. The third kappa shape index (κ3) is 4.29. The van der Waals surface area contributed by atoms with Crippen molar-refractivity contribution >= 4 is 9.28 Å². The Kier molecular flexibility index (Phi) is 5.26. The van der Waals surface area contributed by atoms with E-state index in [0.29, 0.717) is 0 Å². The predicted octanol–water partition coefficient (Wildman–Crippen LogP) is 3.25. The highest BCUT2D eigenvalue weighted by Crippen LogP contribution is 2.26. The van der Waals surface area contributed by atoms with Crippen molar-refractivity contribution in [3.63, 3.8) is 0 Å². The minimum atomic E-state index is -1.05. The second-order valence-electron chi connectivity index (χ2n) is 3.85. The summed E-state index contributed by atoms with van der Waals surface area (Å²) in [6.45, 7) is 6.85. The first-order chi connectivity index (χ1) is 6.72. The normalized spacial score (nSPS) is 19.3. The molecule has 0 bridgehead atoms. The molecule has 0 amide bonds. The van der Waals surface area contributed by atoms with Crippen molar-refractivity contribution in [1.29, 1.82) is 0 Å². The summed E-state index contributed by atoms with van der Waals surface area (Å²) in [6, 6.07) is 0. The van der Waals surface area contributed by atoms with Crippen LogP contribution < -0.4 is 0 Å². The molecule has 81 valence electrons. The maximum Gasteiger partial charge on any atom is 0.454 e. The summed E-state index contributed by atoms with van der Waals surface area (Å²) in [7, 11) is -1.05. The van der Waals surface area contributed by atoms with E-state index in [2.05, 4.69) is 6.08 Å². The monoisotopic (exact) mass is 213 g/mol. The average Bonchev–Trinajstić information content (AvgIpc) is 2.56. The molecule has 1 radical (unpaired) electrons. The molecule has 0 N–H and O–H groups in total. The molecule has 1 fully saturated rings. The van der Waals surface area contributed by atoms with E-state index in [0.717, 1.165) is 18.3 Å². The van der Waals surface area contributed by atoms with Gasteiger partial charge in [0.15, 0.2) is 0 Å². The lowest BCUT2D eigenvalue weighted by molar-refractivity contribution is 0.252. The van der Waals surface area contributed by atoms with Gasteiger partial charge in [-0.15, -0.1) is 0 Å². The van der Waals surface area contributed by atoms with Crippen molar-refractivity contribution in [2.45, 2.75) is 46.1 Å². The fraction of sp³-hybridized carbons (Fsp3) is 0.818. The van der Waals surface area contributed by atoms with Gasteiger partial charge in [-0.3, -0.25) is 0 Å². The Hall–Kier alpha value is -0.283. The van der Waals surface area contributed by atoms with Crippen molar-refractivity contribution < 1.29 is 8.85 Å². The van der Waals surface area contributed by atoms with E-state index in [9.17, 15) is 0 Å². The largest absolute Gasteiger partial charge is 0.523 e. The van der Waals surface area contributed by atoms with Crippen LogP contribution in [0.1, 0.15) is 39.5 Å². The minimum absolute atomic E-state index is 0.751. The lowest BCUT2D eigenvalue weighted by atomic mass is 10.1. The van der Waals surface area contributed by atoms with E-state index >= 15 is 0 Å². The van der Waals surface area contributed by atoms with Gasteiger partial charge in [0, 0.05) is 6.61 Å². The van der Waals surface area contributed by atoms with Crippen LogP contribution in [-0.2, 0) is 8.85 Å². The highest BCUT2D eigenvalue weighted by Gasteiger charge is 2.14. The molecule has 0 spiro atoms. The van der Waals surface area contributed by atoms with Crippen molar-refractivity contribution in [3.05, 3.63) is 11.8 Å². The van der Waals surface area contributed by atoms with E-state index < -0.39 is 9.28 Å². The van der Waals surface area contributed by atoms with Crippen LogP contribution in [0.3, 0.4) is 0 Å². The average molecular weight is 213 g/mol. The van der Waals surface area contributed by atoms with Crippen LogP contribution in [0.15, 0.2) is 11.8 Å². The number of hydrogen-bond acceptors (Lipinski definition) is 2. The first-order valence-electron chi connectivity index (χ1n) is 5.55. The van der Waals surface area contributed by atoms with E-state index in [1.807, 2.05) is 20.4 Å². The summed E-state index contributed by atoms with van der Waals surface area (Å²) < 4.78 is 11.1. The maximum atomic E-state index is 5.69. The minimum Gasteiger partial charge on any atom is -0.523 e. The molecule has 0 aromatic rings. The molecule has 0 aliphatic heterocycles. The SMILES string of the molecule is CCO[Si](C)OC(C)=CC1CCCC1. The fourth-order valence-electron chi connectivity index (χ4n) is 1.95. The summed E-state index contributed by atoms with van der Waals surface area (Å²) >= 11 is 0. The summed E-state index contributed by atoms with van der Waals surface area (Å²) in [6.07, 6.45) is 7.70. The smallest absolute Gasteiger partial charge is 0.454 e. The van der Waals surface area contributed by atoms with Gasteiger partial charge in [-0.25, -0.2) is 0 Å². The lowest BCUT2D eigenvalue weighted by Crippen LogP contribution is -2.17. The van der Waals surface area contributed by atoms with Crippen LogP contribution in [0.25, 0.3) is 0 Å². The summed E-state index contributed by atoms with van der Waals surface area (Å²) in [4.78, 5) is 0. The number of rotatable bonds is 5. The number of hydrogen-bond donors (Lipinski definition) is 0. The Morgan fingerprint density at radius 1 is 1.43 bits per heavy atom. The molecule has 1 saturated carbocycles. The van der Waals surface area contributed by atoms with Gasteiger partial charge in [-0.2, -0.15) is 0 Å². The first-order valence-corrected chi connectivity index (χ1v) is 7.36. The standard InChI is InChI=1S/C11H21O2Si/c1-4-12-14(3)13-10(2)9-11-7-5-6-8-11/h9,11H,4-8H2,1-3H3.